The molecule has 1 N–H and O–H groups in total. The molecule has 0 aliphatic carbocycles. The van der Waals surface area contributed by atoms with Gasteiger partial charge in [0.15, 0.2) is 0 Å². The summed E-state index contributed by atoms with van der Waals surface area (Å²) in [5.41, 5.74) is 0. The maximum Gasteiger partial charge on any atom is 0.203 e. The molecule has 0 saturated carbocycles. The van der Waals surface area contributed by atoms with Gasteiger partial charge in [-0.3, -0.25) is 0 Å². The molecule has 14 heavy (non-hydrogen) atoms. The Kier molecular flexibility index (Phi) is 3.95. The van der Waals surface area contributed by atoms with Crippen LogP contribution in [0.1, 0.15) is 19.9 Å². The topological polar surface area (TPSA) is 33.1 Å². The van der Waals surface area contributed by atoms with E-state index in [4.69, 9.17) is 0 Å². The highest BCUT2D eigenvalue weighted by molar-refractivity contribution is 5.26. The standard InChI is InChI=1S/C10H20N4/c1-5-11-10-12-6-7-14(10)9(2)8-13(3)4/h6-7,9H,5,8H2,1-4H3,(H,11,12). The number of nitrogens with zero attached hydrogens (tertiary/aromatic N) is 3. The average Bonchev–Trinajstić information content (AvgIpc) is 2.51. The first kappa shape index (κ1) is 11.0. The Morgan fingerprint density at radius 3 is 2.86 bits per heavy atom. The van der Waals surface area contributed by atoms with Crippen molar-refractivity contribution in [3.63, 3.8) is 0 Å². The fourth-order valence-corrected chi connectivity index (χ4v) is 1.58. The van der Waals surface area contributed by atoms with E-state index < -0.39 is 0 Å². The van der Waals surface area contributed by atoms with Gasteiger partial charge < -0.3 is 14.8 Å². The zero-order chi connectivity index (χ0) is 10.6. The lowest BCUT2D eigenvalue weighted by molar-refractivity contribution is 0.338. The SMILES string of the molecule is CCNc1nccn1C(C)CN(C)C. The van der Waals surface area contributed by atoms with Crippen molar-refractivity contribution in [2.24, 2.45) is 0 Å². The molecule has 0 fully saturated rings. The van der Waals surface area contributed by atoms with Gasteiger partial charge in [0, 0.05) is 31.5 Å². The van der Waals surface area contributed by atoms with Crippen LogP contribution in [0.4, 0.5) is 5.95 Å². The van der Waals surface area contributed by atoms with Crippen molar-refractivity contribution in [1.82, 2.24) is 14.5 Å². The summed E-state index contributed by atoms with van der Waals surface area (Å²) in [5, 5.41) is 3.24. The van der Waals surface area contributed by atoms with E-state index in [0.29, 0.717) is 6.04 Å². The average molecular weight is 196 g/mol. The van der Waals surface area contributed by atoms with E-state index in [1.165, 1.54) is 0 Å². The summed E-state index contributed by atoms with van der Waals surface area (Å²) >= 11 is 0. The van der Waals surface area contributed by atoms with Crippen LogP contribution in [0.5, 0.6) is 0 Å². The molecule has 1 heterocycles. The summed E-state index contributed by atoms with van der Waals surface area (Å²) < 4.78 is 2.17. The van der Waals surface area contributed by atoms with Gasteiger partial charge in [-0.2, -0.15) is 0 Å². The molecule has 1 aromatic rings. The molecule has 1 aromatic heterocycles. The Bertz CT molecular complexity index is 267. The van der Waals surface area contributed by atoms with Gasteiger partial charge in [-0.1, -0.05) is 0 Å². The summed E-state index contributed by atoms with van der Waals surface area (Å²) in [6.45, 7) is 6.21. The maximum absolute atomic E-state index is 4.27. The Balaban J connectivity index is 2.68. The Morgan fingerprint density at radius 1 is 1.57 bits per heavy atom. The highest BCUT2D eigenvalue weighted by Gasteiger charge is 2.09. The van der Waals surface area contributed by atoms with E-state index >= 15 is 0 Å². The summed E-state index contributed by atoms with van der Waals surface area (Å²) in [5.74, 6) is 0.960. The molecular formula is C10H20N4. The van der Waals surface area contributed by atoms with E-state index in [-0.39, 0.29) is 0 Å². The van der Waals surface area contributed by atoms with Crippen LogP contribution in [0.15, 0.2) is 12.4 Å². The van der Waals surface area contributed by atoms with Crippen LogP contribution in [0.3, 0.4) is 0 Å². The zero-order valence-electron chi connectivity index (χ0n) is 9.49. The highest BCUT2D eigenvalue weighted by atomic mass is 15.2. The van der Waals surface area contributed by atoms with Crippen molar-refractivity contribution in [3.8, 4) is 0 Å². The smallest absolute Gasteiger partial charge is 0.203 e. The first-order chi connectivity index (χ1) is 6.65. The normalized spacial score (nSPS) is 13.2. The second-order valence-corrected chi connectivity index (χ2v) is 3.80. The van der Waals surface area contributed by atoms with Gasteiger partial charge in [0.05, 0.1) is 0 Å². The number of aromatic nitrogens is 2. The van der Waals surface area contributed by atoms with Crippen LogP contribution in [-0.4, -0.2) is 41.6 Å². The number of imidazole rings is 1. The summed E-state index contributed by atoms with van der Waals surface area (Å²) in [6, 6.07) is 0.446. The molecule has 0 spiro atoms. The van der Waals surface area contributed by atoms with E-state index in [2.05, 4.69) is 47.7 Å². The minimum Gasteiger partial charge on any atom is -0.356 e. The molecule has 0 bridgehead atoms. The zero-order valence-corrected chi connectivity index (χ0v) is 9.49. The van der Waals surface area contributed by atoms with Crippen LogP contribution in [0.2, 0.25) is 0 Å². The van der Waals surface area contributed by atoms with Crippen LogP contribution < -0.4 is 5.32 Å². The third-order valence-electron chi connectivity index (χ3n) is 2.11. The predicted octanol–water partition coefficient (Wildman–Crippen LogP) is 1.44. The van der Waals surface area contributed by atoms with E-state index in [1.807, 2.05) is 12.4 Å². The van der Waals surface area contributed by atoms with E-state index in [0.717, 1.165) is 19.0 Å². The monoisotopic (exact) mass is 196 g/mol. The number of likely N-dealkylation sites (N-methyl/N-ethyl adjacent to an activating group) is 1. The van der Waals surface area contributed by atoms with Crippen LogP contribution >= 0.6 is 0 Å². The van der Waals surface area contributed by atoms with Crippen molar-refractivity contribution in [2.75, 3.05) is 32.5 Å². The molecule has 0 saturated heterocycles. The molecule has 80 valence electrons. The number of nitrogens with one attached hydrogen (secondary N) is 1. The lowest BCUT2D eigenvalue weighted by atomic mass is 10.3. The maximum atomic E-state index is 4.27. The minimum absolute atomic E-state index is 0.446. The fraction of sp³-hybridized carbons (Fsp3) is 0.700. The Hall–Kier alpha value is -1.03. The third-order valence-corrected chi connectivity index (χ3v) is 2.11. The lowest BCUT2D eigenvalue weighted by Crippen LogP contribution is -2.23. The van der Waals surface area contributed by atoms with Crippen molar-refractivity contribution in [1.29, 1.82) is 0 Å². The number of hydrogen-bond acceptors (Lipinski definition) is 3. The van der Waals surface area contributed by atoms with E-state index in [1.54, 1.807) is 0 Å². The molecule has 0 amide bonds. The molecule has 4 heteroatoms. The first-order valence-electron chi connectivity index (χ1n) is 5.06. The lowest BCUT2D eigenvalue weighted by Gasteiger charge is -2.20. The van der Waals surface area contributed by atoms with Gasteiger partial charge in [-0.25, -0.2) is 4.98 Å². The van der Waals surface area contributed by atoms with Crippen molar-refractivity contribution >= 4 is 5.95 Å². The van der Waals surface area contributed by atoms with Crippen molar-refractivity contribution in [2.45, 2.75) is 19.9 Å². The number of anilines is 1. The molecular weight excluding hydrogens is 176 g/mol. The van der Waals surface area contributed by atoms with Crippen molar-refractivity contribution in [3.05, 3.63) is 12.4 Å². The Labute approximate surface area is 85.9 Å². The van der Waals surface area contributed by atoms with Crippen LogP contribution in [0, 0.1) is 0 Å². The molecule has 1 rings (SSSR count). The summed E-state index contributed by atoms with van der Waals surface area (Å²) in [7, 11) is 4.17. The van der Waals surface area contributed by atoms with Crippen molar-refractivity contribution < 1.29 is 0 Å². The van der Waals surface area contributed by atoms with Gasteiger partial charge in [0.2, 0.25) is 5.95 Å². The third kappa shape index (κ3) is 2.73. The highest BCUT2D eigenvalue weighted by Crippen LogP contribution is 2.13. The number of rotatable bonds is 5. The van der Waals surface area contributed by atoms with Gasteiger partial charge in [0.1, 0.15) is 0 Å². The van der Waals surface area contributed by atoms with E-state index in [9.17, 15) is 0 Å². The molecule has 1 unspecified atom stereocenters. The summed E-state index contributed by atoms with van der Waals surface area (Å²) in [4.78, 5) is 6.45. The number of hydrogen-bond donors (Lipinski definition) is 1. The minimum atomic E-state index is 0.446. The predicted molar refractivity (Wildman–Crippen MR) is 59.7 cm³/mol. The molecule has 0 aliphatic rings. The molecule has 0 aliphatic heterocycles. The van der Waals surface area contributed by atoms with Gasteiger partial charge in [0.25, 0.3) is 0 Å². The molecule has 1 atom stereocenters. The van der Waals surface area contributed by atoms with Gasteiger partial charge in [-0.15, -0.1) is 0 Å². The first-order valence-corrected chi connectivity index (χ1v) is 5.06. The second kappa shape index (κ2) is 5.00. The van der Waals surface area contributed by atoms with Crippen LogP contribution in [0.25, 0.3) is 0 Å². The molecule has 0 aromatic carbocycles. The Morgan fingerprint density at radius 2 is 2.29 bits per heavy atom. The fourth-order valence-electron chi connectivity index (χ4n) is 1.58. The quantitative estimate of drug-likeness (QED) is 0.773. The molecule has 4 nitrogen and oxygen atoms in total. The van der Waals surface area contributed by atoms with Gasteiger partial charge in [-0.05, 0) is 27.9 Å². The van der Waals surface area contributed by atoms with Gasteiger partial charge >= 0.3 is 0 Å². The summed E-state index contributed by atoms with van der Waals surface area (Å²) in [6.07, 6.45) is 3.86. The van der Waals surface area contributed by atoms with Crippen LogP contribution in [-0.2, 0) is 0 Å². The molecule has 0 radical (unpaired) electrons. The second-order valence-electron chi connectivity index (χ2n) is 3.80. The largest absolute Gasteiger partial charge is 0.356 e.